The van der Waals surface area contributed by atoms with Gasteiger partial charge in [0.05, 0.1) is 17.7 Å². The minimum Gasteiger partial charge on any atom is -0.370 e. The van der Waals surface area contributed by atoms with Crippen LogP contribution in [0.2, 0.25) is 10.0 Å². The number of sulfonamides is 1. The second-order valence-corrected chi connectivity index (χ2v) is 13.7. The van der Waals surface area contributed by atoms with Crippen LogP contribution in [0, 0.1) is 12.8 Å². The zero-order valence-corrected chi connectivity index (χ0v) is 24.9. The SMILES string of the molecule is Cc1cc(Cl)cc(Cl)c1S(=O)(=O)N1CCC(F)(F)C[C@H]1COCC(=O)N1CCN(CC2CCN(C)CC2)CC1. The Morgan fingerprint density at radius 2 is 1.74 bits per heavy atom. The van der Waals surface area contributed by atoms with Gasteiger partial charge in [-0.2, -0.15) is 4.31 Å². The Morgan fingerprint density at radius 1 is 1.08 bits per heavy atom. The Kier molecular flexibility index (Phi) is 10.2. The van der Waals surface area contributed by atoms with Crippen molar-refractivity contribution in [2.75, 3.05) is 72.6 Å². The van der Waals surface area contributed by atoms with Gasteiger partial charge in [0.2, 0.25) is 15.9 Å². The number of piperazine rings is 1. The van der Waals surface area contributed by atoms with Gasteiger partial charge in [-0.3, -0.25) is 9.69 Å². The van der Waals surface area contributed by atoms with Crippen LogP contribution in [0.3, 0.4) is 0 Å². The number of carbonyl (C=O) groups excluding carboxylic acids is 1. The quantitative estimate of drug-likeness (QED) is 0.448. The molecule has 39 heavy (non-hydrogen) atoms. The number of rotatable bonds is 8. The van der Waals surface area contributed by atoms with Gasteiger partial charge in [0.25, 0.3) is 5.92 Å². The highest BCUT2D eigenvalue weighted by molar-refractivity contribution is 7.89. The van der Waals surface area contributed by atoms with E-state index in [0.717, 1.165) is 37.0 Å². The van der Waals surface area contributed by atoms with E-state index in [0.29, 0.717) is 24.6 Å². The van der Waals surface area contributed by atoms with Crippen molar-refractivity contribution in [1.82, 2.24) is 19.0 Å². The summed E-state index contributed by atoms with van der Waals surface area (Å²) in [6, 6.07) is 1.65. The number of piperidine rings is 2. The van der Waals surface area contributed by atoms with Gasteiger partial charge in [-0.05, 0) is 63.5 Å². The van der Waals surface area contributed by atoms with Crippen LogP contribution < -0.4 is 0 Å². The van der Waals surface area contributed by atoms with Crippen LogP contribution in [0.25, 0.3) is 0 Å². The third-order valence-electron chi connectivity index (χ3n) is 8.02. The molecule has 0 saturated carbocycles. The molecule has 8 nitrogen and oxygen atoms in total. The highest BCUT2D eigenvalue weighted by Gasteiger charge is 2.46. The number of aryl methyl sites for hydroxylation is 1. The Hall–Kier alpha value is -1.08. The monoisotopic (exact) mass is 610 g/mol. The summed E-state index contributed by atoms with van der Waals surface area (Å²) in [5.41, 5.74) is 0.328. The van der Waals surface area contributed by atoms with Gasteiger partial charge in [-0.15, -0.1) is 0 Å². The van der Waals surface area contributed by atoms with Crippen LogP contribution in [0.4, 0.5) is 8.78 Å². The molecule has 0 bridgehead atoms. The van der Waals surface area contributed by atoms with Crippen LogP contribution in [-0.2, 0) is 19.6 Å². The number of halogens is 4. The molecule has 3 aliphatic rings. The summed E-state index contributed by atoms with van der Waals surface area (Å²) in [6.45, 7) is 6.62. The molecule has 1 atom stereocenters. The molecule has 1 amide bonds. The summed E-state index contributed by atoms with van der Waals surface area (Å²) in [4.78, 5) is 19.1. The fraction of sp³-hybridized carbons (Fsp3) is 0.731. The minimum absolute atomic E-state index is 0.0675. The minimum atomic E-state index is -4.21. The van der Waals surface area contributed by atoms with E-state index in [1.54, 1.807) is 11.8 Å². The Bertz CT molecular complexity index is 1100. The van der Waals surface area contributed by atoms with Crippen molar-refractivity contribution in [2.45, 2.75) is 49.5 Å². The van der Waals surface area contributed by atoms with Crippen LogP contribution in [0.15, 0.2) is 17.0 Å². The lowest BCUT2D eigenvalue weighted by Gasteiger charge is -2.39. The number of amides is 1. The first-order valence-electron chi connectivity index (χ1n) is 13.5. The number of benzene rings is 1. The molecule has 13 heteroatoms. The van der Waals surface area contributed by atoms with Crippen molar-refractivity contribution >= 4 is 39.1 Å². The molecule has 1 aromatic carbocycles. The number of likely N-dealkylation sites (tertiary alicyclic amines) is 1. The van der Waals surface area contributed by atoms with Crippen molar-refractivity contribution in [3.8, 4) is 0 Å². The summed E-state index contributed by atoms with van der Waals surface area (Å²) in [5, 5.41) is 0.213. The third kappa shape index (κ3) is 7.81. The van der Waals surface area contributed by atoms with Gasteiger partial charge in [0, 0.05) is 57.1 Å². The molecule has 0 aliphatic carbocycles. The molecule has 3 fully saturated rings. The van der Waals surface area contributed by atoms with Crippen molar-refractivity contribution in [3.05, 3.63) is 27.7 Å². The molecular formula is C26H38Cl2F2N4O4S. The van der Waals surface area contributed by atoms with Crippen LogP contribution in [0.5, 0.6) is 0 Å². The number of ether oxygens (including phenoxy) is 1. The largest absolute Gasteiger partial charge is 0.370 e. The molecule has 3 heterocycles. The van der Waals surface area contributed by atoms with Crippen molar-refractivity contribution in [2.24, 2.45) is 5.92 Å². The second-order valence-electron chi connectivity index (χ2n) is 11.1. The van der Waals surface area contributed by atoms with Crippen LogP contribution >= 0.6 is 23.2 Å². The molecule has 0 unspecified atom stereocenters. The lowest BCUT2D eigenvalue weighted by atomic mass is 9.96. The van der Waals surface area contributed by atoms with Gasteiger partial charge < -0.3 is 14.5 Å². The molecule has 0 aromatic heterocycles. The van der Waals surface area contributed by atoms with E-state index in [-0.39, 0.29) is 40.6 Å². The molecule has 0 spiro atoms. The summed E-state index contributed by atoms with van der Waals surface area (Å²) >= 11 is 12.2. The van der Waals surface area contributed by atoms with Crippen LogP contribution in [0.1, 0.15) is 31.2 Å². The highest BCUT2D eigenvalue weighted by atomic mass is 35.5. The van der Waals surface area contributed by atoms with E-state index in [4.69, 9.17) is 27.9 Å². The fourth-order valence-electron chi connectivity index (χ4n) is 5.76. The summed E-state index contributed by atoms with van der Waals surface area (Å²) in [7, 11) is -2.06. The van der Waals surface area contributed by atoms with E-state index in [1.807, 2.05) is 0 Å². The van der Waals surface area contributed by atoms with E-state index < -0.39 is 34.8 Å². The summed E-state index contributed by atoms with van der Waals surface area (Å²) in [5.74, 6) is -2.57. The molecule has 220 valence electrons. The number of carbonyl (C=O) groups is 1. The van der Waals surface area contributed by atoms with E-state index in [1.165, 1.54) is 25.0 Å². The maximum atomic E-state index is 14.3. The maximum Gasteiger partial charge on any atom is 0.251 e. The Balaban J connectivity index is 1.31. The molecule has 3 aliphatic heterocycles. The predicted molar refractivity (Wildman–Crippen MR) is 147 cm³/mol. The number of hydrogen-bond acceptors (Lipinski definition) is 6. The zero-order chi connectivity index (χ0) is 28.4. The van der Waals surface area contributed by atoms with Crippen LogP contribution in [-0.4, -0.2) is 118 Å². The first kappa shape index (κ1) is 30.9. The van der Waals surface area contributed by atoms with Gasteiger partial charge in [0.1, 0.15) is 11.5 Å². The first-order valence-corrected chi connectivity index (χ1v) is 15.7. The predicted octanol–water partition coefficient (Wildman–Crippen LogP) is 3.59. The number of nitrogens with zero attached hydrogens (tertiary/aromatic N) is 4. The Labute approximate surface area is 240 Å². The van der Waals surface area contributed by atoms with E-state index in [9.17, 15) is 22.0 Å². The Morgan fingerprint density at radius 3 is 2.38 bits per heavy atom. The average molecular weight is 612 g/mol. The topological polar surface area (TPSA) is 73.4 Å². The van der Waals surface area contributed by atoms with Gasteiger partial charge >= 0.3 is 0 Å². The summed E-state index contributed by atoms with van der Waals surface area (Å²) < 4.78 is 62.3. The van der Waals surface area contributed by atoms with Gasteiger partial charge in [0.15, 0.2) is 0 Å². The maximum absolute atomic E-state index is 14.3. The number of alkyl halides is 2. The van der Waals surface area contributed by atoms with Gasteiger partial charge in [-0.25, -0.2) is 17.2 Å². The summed E-state index contributed by atoms with van der Waals surface area (Å²) in [6.07, 6.45) is 1.09. The van der Waals surface area contributed by atoms with E-state index >= 15 is 0 Å². The van der Waals surface area contributed by atoms with Crippen molar-refractivity contribution in [1.29, 1.82) is 0 Å². The van der Waals surface area contributed by atoms with Gasteiger partial charge in [-0.1, -0.05) is 23.2 Å². The van der Waals surface area contributed by atoms with Crippen molar-refractivity contribution in [3.63, 3.8) is 0 Å². The van der Waals surface area contributed by atoms with E-state index in [2.05, 4.69) is 16.8 Å². The normalized spacial score (nSPS) is 24.3. The highest BCUT2D eigenvalue weighted by Crippen LogP contribution is 2.38. The average Bonchev–Trinajstić information content (AvgIpc) is 2.84. The fourth-order valence-corrected chi connectivity index (χ4v) is 8.51. The lowest BCUT2D eigenvalue weighted by Crippen LogP contribution is -2.53. The molecule has 0 radical (unpaired) electrons. The standard InChI is InChI=1S/C26H38Cl2F2N4O4S/c1-19-13-21(27)14-23(28)25(19)39(36,37)34-8-5-26(29,30)15-22(34)17-38-18-24(35)33-11-9-32(10-12-33)16-20-3-6-31(2)7-4-20/h13-14,20,22H,3-12,15-18H2,1-2H3/t22-/m0/s1. The lowest BCUT2D eigenvalue weighted by molar-refractivity contribution is -0.139. The molecule has 3 saturated heterocycles. The molecule has 4 rings (SSSR count). The molecule has 0 N–H and O–H groups in total. The second kappa shape index (κ2) is 12.8. The third-order valence-corrected chi connectivity index (χ3v) is 10.8. The zero-order valence-electron chi connectivity index (χ0n) is 22.6. The first-order chi connectivity index (χ1) is 18.4. The molecule has 1 aromatic rings. The smallest absolute Gasteiger partial charge is 0.251 e. The molecular weight excluding hydrogens is 573 g/mol. The van der Waals surface area contributed by atoms with Crippen molar-refractivity contribution < 1.29 is 26.7 Å². The number of hydrogen-bond donors (Lipinski definition) is 0.